The third-order valence-corrected chi connectivity index (χ3v) is 3.12. The van der Waals surface area contributed by atoms with Gasteiger partial charge in [-0.1, -0.05) is 0 Å². The molecule has 0 bridgehead atoms. The molecule has 1 heterocycles. The van der Waals surface area contributed by atoms with Crippen molar-refractivity contribution in [3.8, 4) is 0 Å². The number of hydrogen-bond acceptors (Lipinski definition) is 4. The fraction of sp³-hybridized carbons (Fsp3) is 0.417. The first-order valence-electron chi connectivity index (χ1n) is 6.19. The second-order valence-electron chi connectivity index (χ2n) is 4.62. The molecular weight excluding hydrogens is 291 g/mol. The number of nitrogens with one attached hydrogen (secondary N) is 2. The third kappa shape index (κ3) is 3.41. The van der Waals surface area contributed by atoms with E-state index in [2.05, 4.69) is 10.6 Å². The maximum atomic E-state index is 12.8. The molecule has 114 valence electrons. The van der Waals surface area contributed by atoms with E-state index in [1.807, 2.05) is 0 Å². The van der Waals surface area contributed by atoms with Gasteiger partial charge in [0.1, 0.15) is 11.6 Å². The highest BCUT2D eigenvalue weighted by Crippen LogP contribution is 2.37. The van der Waals surface area contributed by atoms with Gasteiger partial charge in [-0.3, -0.25) is 14.9 Å². The Labute approximate surface area is 117 Å². The molecule has 1 amide bonds. The van der Waals surface area contributed by atoms with E-state index in [4.69, 9.17) is 0 Å². The van der Waals surface area contributed by atoms with Crippen LogP contribution in [-0.4, -0.2) is 23.4 Å². The van der Waals surface area contributed by atoms with Crippen molar-refractivity contribution >= 4 is 17.3 Å². The predicted molar refractivity (Wildman–Crippen MR) is 67.8 cm³/mol. The van der Waals surface area contributed by atoms with Crippen molar-refractivity contribution in [3.05, 3.63) is 33.9 Å². The molecule has 1 aliphatic heterocycles. The Morgan fingerprint density at radius 3 is 2.67 bits per heavy atom. The number of hydrogen-bond donors (Lipinski definition) is 2. The Balaban J connectivity index is 2.29. The largest absolute Gasteiger partial charge is 0.423 e. The zero-order chi connectivity index (χ0) is 15.6. The van der Waals surface area contributed by atoms with Crippen LogP contribution in [0, 0.1) is 10.1 Å². The minimum absolute atomic E-state index is 0.0231. The monoisotopic (exact) mass is 303 g/mol. The molecule has 2 rings (SSSR count). The summed E-state index contributed by atoms with van der Waals surface area (Å²) in [5.41, 5.74) is -2.33. The van der Waals surface area contributed by atoms with Crippen LogP contribution in [0.25, 0.3) is 0 Å². The number of nitrogens with zero attached hydrogens (tertiary/aromatic N) is 1. The summed E-state index contributed by atoms with van der Waals surface area (Å²) in [5.74, 6) is -0.298. The molecule has 6 nitrogen and oxygen atoms in total. The van der Waals surface area contributed by atoms with Crippen LogP contribution in [0.5, 0.6) is 0 Å². The van der Waals surface area contributed by atoms with Crippen molar-refractivity contribution in [2.24, 2.45) is 0 Å². The number of piperidine rings is 1. The van der Waals surface area contributed by atoms with Crippen molar-refractivity contribution in [2.45, 2.75) is 25.1 Å². The summed E-state index contributed by atoms with van der Waals surface area (Å²) in [6, 6.07) is 1.96. The Morgan fingerprint density at radius 2 is 2.10 bits per heavy atom. The predicted octanol–water partition coefficient (Wildman–Crippen LogP) is 2.30. The number of amides is 1. The number of alkyl halides is 3. The Morgan fingerprint density at radius 1 is 1.38 bits per heavy atom. The highest BCUT2D eigenvalue weighted by atomic mass is 19.4. The normalized spacial score (nSPS) is 19.0. The second kappa shape index (κ2) is 5.58. The van der Waals surface area contributed by atoms with E-state index in [9.17, 15) is 28.1 Å². The molecule has 0 aromatic heterocycles. The quantitative estimate of drug-likeness (QED) is 0.663. The van der Waals surface area contributed by atoms with E-state index in [0.717, 1.165) is 12.1 Å². The van der Waals surface area contributed by atoms with Gasteiger partial charge in [-0.15, -0.1) is 0 Å². The van der Waals surface area contributed by atoms with Gasteiger partial charge in [0.15, 0.2) is 0 Å². The summed E-state index contributed by atoms with van der Waals surface area (Å²) in [7, 11) is 0. The van der Waals surface area contributed by atoms with Crippen molar-refractivity contribution in [2.75, 3.05) is 11.9 Å². The molecule has 0 aliphatic carbocycles. The fourth-order valence-corrected chi connectivity index (χ4v) is 2.12. The number of carbonyl (C=O) groups excluding carboxylic acids is 1. The Bertz CT molecular complexity index is 575. The van der Waals surface area contributed by atoms with E-state index in [1.165, 1.54) is 0 Å². The number of anilines is 1. The number of nitro benzene ring substituents is 1. The first kappa shape index (κ1) is 15.1. The van der Waals surface area contributed by atoms with Gasteiger partial charge in [-0.25, -0.2) is 0 Å². The maximum Gasteiger partial charge on any atom is 0.423 e. The van der Waals surface area contributed by atoms with E-state index in [1.54, 1.807) is 0 Å². The van der Waals surface area contributed by atoms with E-state index >= 15 is 0 Å². The number of benzene rings is 1. The highest BCUT2D eigenvalue weighted by molar-refractivity contribution is 5.85. The summed E-state index contributed by atoms with van der Waals surface area (Å²) in [6.45, 7) is 0.533. The zero-order valence-electron chi connectivity index (χ0n) is 10.7. The topological polar surface area (TPSA) is 84.3 Å². The molecule has 9 heteroatoms. The van der Waals surface area contributed by atoms with Gasteiger partial charge in [-0.05, 0) is 25.0 Å². The van der Waals surface area contributed by atoms with Crippen LogP contribution in [0.2, 0.25) is 0 Å². The van der Waals surface area contributed by atoms with Gasteiger partial charge < -0.3 is 10.6 Å². The van der Waals surface area contributed by atoms with Gasteiger partial charge in [0.2, 0.25) is 5.91 Å². The molecule has 0 saturated carbocycles. The molecular formula is C12H12F3N3O3. The average molecular weight is 303 g/mol. The van der Waals surface area contributed by atoms with Gasteiger partial charge in [-0.2, -0.15) is 13.2 Å². The van der Waals surface area contributed by atoms with Crippen LogP contribution in [-0.2, 0) is 11.0 Å². The van der Waals surface area contributed by atoms with Crippen LogP contribution < -0.4 is 10.6 Å². The zero-order valence-corrected chi connectivity index (χ0v) is 10.7. The number of halogens is 3. The summed E-state index contributed by atoms with van der Waals surface area (Å²) >= 11 is 0. The first-order valence-corrected chi connectivity index (χ1v) is 6.19. The van der Waals surface area contributed by atoms with Crippen LogP contribution in [0.1, 0.15) is 18.4 Å². The lowest BCUT2D eigenvalue weighted by molar-refractivity contribution is -0.388. The standard InChI is InChI=1S/C12H12F3N3O3/c13-12(14,15)8-6-7(3-4-10(8)18(20)21)17-9-2-1-5-16-11(9)19/h3-4,6,9,17H,1-2,5H2,(H,16,19). The van der Waals surface area contributed by atoms with E-state index in [0.29, 0.717) is 25.5 Å². The van der Waals surface area contributed by atoms with Crippen LogP contribution >= 0.6 is 0 Å². The first-order chi connectivity index (χ1) is 9.79. The van der Waals surface area contributed by atoms with Gasteiger partial charge >= 0.3 is 6.18 Å². The van der Waals surface area contributed by atoms with Crippen LogP contribution in [0.3, 0.4) is 0 Å². The van der Waals surface area contributed by atoms with Gasteiger partial charge in [0.25, 0.3) is 5.69 Å². The molecule has 2 N–H and O–H groups in total. The number of rotatable bonds is 3. The molecule has 1 aliphatic rings. The molecule has 1 atom stereocenters. The molecule has 1 aromatic rings. The summed E-state index contributed by atoms with van der Waals surface area (Å²) in [4.78, 5) is 21.1. The van der Waals surface area contributed by atoms with Crippen LogP contribution in [0.15, 0.2) is 18.2 Å². The molecule has 0 radical (unpaired) electrons. The van der Waals surface area contributed by atoms with E-state index < -0.39 is 28.4 Å². The molecule has 1 saturated heterocycles. The van der Waals surface area contributed by atoms with Crippen molar-refractivity contribution in [1.29, 1.82) is 0 Å². The molecule has 1 unspecified atom stereocenters. The fourth-order valence-electron chi connectivity index (χ4n) is 2.12. The second-order valence-corrected chi connectivity index (χ2v) is 4.62. The lowest BCUT2D eigenvalue weighted by atomic mass is 10.1. The third-order valence-electron chi connectivity index (χ3n) is 3.12. The minimum Gasteiger partial charge on any atom is -0.374 e. The summed E-state index contributed by atoms with van der Waals surface area (Å²) in [5, 5.41) is 15.9. The van der Waals surface area contributed by atoms with E-state index in [-0.39, 0.29) is 11.6 Å². The summed E-state index contributed by atoms with van der Waals surface area (Å²) in [6.07, 6.45) is -3.64. The number of nitro groups is 1. The van der Waals surface area contributed by atoms with Crippen molar-refractivity contribution < 1.29 is 22.9 Å². The average Bonchev–Trinajstić information content (AvgIpc) is 2.40. The minimum atomic E-state index is -4.84. The SMILES string of the molecule is O=C1NCCCC1Nc1ccc([N+](=O)[O-])c(C(F)(F)F)c1. The lowest BCUT2D eigenvalue weighted by Crippen LogP contribution is -2.44. The molecule has 21 heavy (non-hydrogen) atoms. The van der Waals surface area contributed by atoms with Crippen molar-refractivity contribution in [1.82, 2.24) is 5.32 Å². The van der Waals surface area contributed by atoms with Gasteiger partial charge in [0.05, 0.1) is 4.92 Å². The molecule has 0 spiro atoms. The highest BCUT2D eigenvalue weighted by Gasteiger charge is 2.38. The smallest absolute Gasteiger partial charge is 0.374 e. The lowest BCUT2D eigenvalue weighted by Gasteiger charge is -2.24. The Kier molecular flexibility index (Phi) is 4.01. The molecule has 1 fully saturated rings. The van der Waals surface area contributed by atoms with Crippen LogP contribution in [0.4, 0.5) is 24.5 Å². The van der Waals surface area contributed by atoms with Crippen molar-refractivity contribution in [3.63, 3.8) is 0 Å². The summed E-state index contributed by atoms with van der Waals surface area (Å²) < 4.78 is 38.5. The Hall–Kier alpha value is -2.32. The van der Waals surface area contributed by atoms with Gasteiger partial charge in [0, 0.05) is 18.3 Å². The maximum absolute atomic E-state index is 12.8. The molecule has 1 aromatic carbocycles. The number of carbonyl (C=O) groups is 1.